The Morgan fingerprint density at radius 3 is 2.59 bits per heavy atom. The lowest BCUT2D eigenvalue weighted by atomic mass is 10.0. The van der Waals surface area contributed by atoms with Crippen LogP contribution in [0.25, 0.3) is 0 Å². The smallest absolute Gasteiger partial charge is 0.337 e. The minimum absolute atomic E-state index is 0.00199. The molecule has 1 aromatic rings. The second kappa shape index (κ2) is 5.04. The Balaban J connectivity index is 3.33. The van der Waals surface area contributed by atoms with E-state index in [0.717, 1.165) is 6.20 Å². The Morgan fingerprint density at radius 2 is 2.12 bits per heavy atom. The highest BCUT2D eigenvalue weighted by molar-refractivity contribution is 5.42. The number of H-pyrrole nitrogens is 1. The van der Waals surface area contributed by atoms with Gasteiger partial charge in [-0.2, -0.15) is 0 Å². The molecule has 17 heavy (non-hydrogen) atoms. The number of nitrogens with one attached hydrogen (secondary N) is 1. The number of hydrogen-bond donors (Lipinski definition) is 4. The van der Waals surface area contributed by atoms with Gasteiger partial charge in [-0.05, 0) is 6.92 Å². The molecule has 0 aliphatic heterocycles. The van der Waals surface area contributed by atoms with Crippen molar-refractivity contribution in [3.63, 3.8) is 0 Å². The lowest BCUT2D eigenvalue weighted by Gasteiger charge is -2.17. The second-order valence-corrected chi connectivity index (χ2v) is 3.50. The molecule has 0 aromatic carbocycles. The fourth-order valence-electron chi connectivity index (χ4n) is 1.46. The van der Waals surface area contributed by atoms with Crippen LogP contribution in [0.5, 0.6) is 0 Å². The normalized spacial score (nSPS) is 14.4. The molecule has 0 aliphatic carbocycles. The Hall–Kier alpha value is -1.77. The van der Waals surface area contributed by atoms with Crippen LogP contribution in [-0.4, -0.2) is 37.9 Å². The van der Waals surface area contributed by atoms with Crippen molar-refractivity contribution in [2.75, 3.05) is 6.61 Å². The molecule has 0 fully saturated rings. The fraction of sp³-hybridized carbons (Fsp3) is 0.444. The number of aromatic amines is 1. The molecule has 1 rings (SSSR count). The zero-order valence-electron chi connectivity index (χ0n) is 8.95. The zero-order chi connectivity index (χ0) is 13.2. The predicted molar refractivity (Wildman–Crippen MR) is 56.5 cm³/mol. The third-order valence-electron chi connectivity index (χ3n) is 2.41. The SMILES string of the molecule is Cc1c(C(O)C(O)CO)c[nH]c(=O)c1[N+](=O)[O-]. The molecule has 0 bridgehead atoms. The van der Waals surface area contributed by atoms with Gasteiger partial charge in [0.2, 0.25) is 0 Å². The summed E-state index contributed by atoms with van der Waals surface area (Å²) in [6.45, 7) is 0.587. The second-order valence-electron chi connectivity index (χ2n) is 3.50. The minimum atomic E-state index is -1.50. The number of nitrogens with zero attached hydrogens (tertiary/aromatic N) is 1. The third-order valence-corrected chi connectivity index (χ3v) is 2.41. The number of aliphatic hydroxyl groups is 3. The summed E-state index contributed by atoms with van der Waals surface area (Å²) in [5.41, 5.74) is -1.62. The van der Waals surface area contributed by atoms with Crippen LogP contribution in [0.15, 0.2) is 11.0 Å². The summed E-state index contributed by atoms with van der Waals surface area (Å²) in [6.07, 6.45) is -1.90. The van der Waals surface area contributed by atoms with Crippen LogP contribution in [0.2, 0.25) is 0 Å². The van der Waals surface area contributed by atoms with E-state index in [1.807, 2.05) is 0 Å². The van der Waals surface area contributed by atoms with Crippen LogP contribution in [0.1, 0.15) is 17.2 Å². The minimum Gasteiger partial charge on any atom is -0.394 e. The Bertz CT molecular complexity index is 483. The number of hydrogen-bond acceptors (Lipinski definition) is 6. The van der Waals surface area contributed by atoms with Crippen molar-refractivity contribution in [1.82, 2.24) is 4.98 Å². The van der Waals surface area contributed by atoms with E-state index in [1.165, 1.54) is 6.92 Å². The molecule has 2 unspecified atom stereocenters. The van der Waals surface area contributed by atoms with E-state index in [1.54, 1.807) is 0 Å². The first-order valence-electron chi connectivity index (χ1n) is 4.73. The van der Waals surface area contributed by atoms with Crippen LogP contribution >= 0.6 is 0 Å². The van der Waals surface area contributed by atoms with E-state index in [2.05, 4.69) is 4.98 Å². The highest BCUT2D eigenvalue weighted by atomic mass is 16.6. The Labute approximate surface area is 95.3 Å². The molecule has 4 N–H and O–H groups in total. The van der Waals surface area contributed by atoms with Gasteiger partial charge in [-0.25, -0.2) is 0 Å². The van der Waals surface area contributed by atoms with Crippen molar-refractivity contribution in [1.29, 1.82) is 0 Å². The molecule has 8 nitrogen and oxygen atoms in total. The van der Waals surface area contributed by atoms with Gasteiger partial charge in [-0.3, -0.25) is 14.9 Å². The predicted octanol–water partition coefficient (Wildman–Crippen LogP) is -1.02. The maximum absolute atomic E-state index is 11.2. The first-order chi connectivity index (χ1) is 7.90. The summed E-state index contributed by atoms with van der Waals surface area (Å²) in [4.78, 5) is 23.1. The number of aromatic nitrogens is 1. The van der Waals surface area contributed by atoms with Gasteiger partial charge in [0.25, 0.3) is 0 Å². The molecule has 0 aliphatic rings. The molecule has 0 amide bonds. The summed E-state index contributed by atoms with van der Waals surface area (Å²) >= 11 is 0. The first kappa shape index (κ1) is 13.3. The van der Waals surface area contributed by atoms with Crippen molar-refractivity contribution in [2.45, 2.75) is 19.1 Å². The van der Waals surface area contributed by atoms with Gasteiger partial charge in [-0.15, -0.1) is 0 Å². The average molecular weight is 244 g/mol. The quantitative estimate of drug-likeness (QED) is 0.395. The number of pyridine rings is 1. The third kappa shape index (κ3) is 2.49. The van der Waals surface area contributed by atoms with Crippen LogP contribution in [0, 0.1) is 17.0 Å². The molecule has 1 aromatic heterocycles. The molecule has 8 heteroatoms. The molecule has 0 radical (unpaired) electrons. The summed E-state index contributed by atoms with van der Waals surface area (Å²) in [5.74, 6) is 0. The molecule has 0 saturated heterocycles. The van der Waals surface area contributed by atoms with E-state index in [4.69, 9.17) is 5.11 Å². The van der Waals surface area contributed by atoms with Gasteiger partial charge in [0.15, 0.2) is 0 Å². The van der Waals surface area contributed by atoms with E-state index in [0.29, 0.717) is 0 Å². The highest BCUT2D eigenvalue weighted by Gasteiger charge is 2.26. The molecular formula is C9H12N2O6. The van der Waals surface area contributed by atoms with E-state index in [-0.39, 0.29) is 11.1 Å². The topological polar surface area (TPSA) is 137 Å². The fourth-order valence-corrected chi connectivity index (χ4v) is 1.46. The molecule has 0 spiro atoms. The van der Waals surface area contributed by atoms with Crippen LogP contribution < -0.4 is 5.56 Å². The summed E-state index contributed by atoms with van der Waals surface area (Å²) in [5, 5.41) is 38.2. The molecular weight excluding hydrogens is 232 g/mol. The Morgan fingerprint density at radius 1 is 1.53 bits per heavy atom. The number of aliphatic hydroxyl groups excluding tert-OH is 3. The van der Waals surface area contributed by atoms with Gasteiger partial charge in [0.1, 0.15) is 12.2 Å². The average Bonchev–Trinajstić information content (AvgIpc) is 2.27. The van der Waals surface area contributed by atoms with Gasteiger partial charge in [-0.1, -0.05) is 0 Å². The molecule has 0 saturated carbocycles. The number of nitro groups is 1. The largest absolute Gasteiger partial charge is 0.394 e. The summed E-state index contributed by atoms with van der Waals surface area (Å²) in [7, 11) is 0. The molecule has 1 heterocycles. The Kier molecular flexibility index (Phi) is 3.94. The standard InChI is InChI=1S/C9H12N2O6/c1-4-5(8(14)6(13)3-12)2-10-9(15)7(4)11(16)17/h2,6,8,12-14H,3H2,1H3,(H,10,15). The van der Waals surface area contributed by atoms with E-state index >= 15 is 0 Å². The van der Waals surface area contributed by atoms with Crippen molar-refractivity contribution in [3.8, 4) is 0 Å². The van der Waals surface area contributed by atoms with Crippen molar-refractivity contribution < 1.29 is 20.2 Å². The lowest BCUT2D eigenvalue weighted by Crippen LogP contribution is -2.25. The van der Waals surface area contributed by atoms with Gasteiger partial charge >= 0.3 is 11.2 Å². The van der Waals surface area contributed by atoms with Crippen LogP contribution in [-0.2, 0) is 0 Å². The van der Waals surface area contributed by atoms with Crippen LogP contribution in [0.4, 0.5) is 5.69 Å². The van der Waals surface area contributed by atoms with Gasteiger partial charge in [0.05, 0.1) is 11.5 Å². The highest BCUT2D eigenvalue weighted by Crippen LogP contribution is 2.24. The van der Waals surface area contributed by atoms with Crippen molar-refractivity contribution >= 4 is 5.69 Å². The van der Waals surface area contributed by atoms with E-state index in [9.17, 15) is 25.1 Å². The summed E-state index contributed by atoms with van der Waals surface area (Å²) < 4.78 is 0. The van der Waals surface area contributed by atoms with Crippen LogP contribution in [0.3, 0.4) is 0 Å². The van der Waals surface area contributed by atoms with E-state index < -0.39 is 35.0 Å². The number of rotatable bonds is 4. The molecule has 2 atom stereocenters. The van der Waals surface area contributed by atoms with Crippen molar-refractivity contribution in [3.05, 3.63) is 37.8 Å². The summed E-state index contributed by atoms with van der Waals surface area (Å²) in [6, 6.07) is 0. The maximum Gasteiger partial charge on any atom is 0.337 e. The lowest BCUT2D eigenvalue weighted by molar-refractivity contribution is -0.387. The van der Waals surface area contributed by atoms with Crippen molar-refractivity contribution in [2.24, 2.45) is 0 Å². The van der Waals surface area contributed by atoms with Gasteiger partial charge in [0, 0.05) is 17.3 Å². The zero-order valence-corrected chi connectivity index (χ0v) is 8.95. The maximum atomic E-state index is 11.2. The monoisotopic (exact) mass is 244 g/mol. The van der Waals surface area contributed by atoms with Gasteiger partial charge < -0.3 is 20.3 Å². The first-order valence-corrected chi connectivity index (χ1v) is 4.73. The molecule has 94 valence electrons.